The molecule has 0 heterocycles. The summed E-state index contributed by atoms with van der Waals surface area (Å²) in [5, 5.41) is 14.7. The van der Waals surface area contributed by atoms with Crippen molar-refractivity contribution in [2.75, 3.05) is 0 Å². The van der Waals surface area contributed by atoms with E-state index in [0.717, 1.165) is 5.56 Å². The summed E-state index contributed by atoms with van der Waals surface area (Å²) in [6, 6.07) is 7.03. The van der Waals surface area contributed by atoms with Crippen molar-refractivity contribution in [1.29, 1.82) is 0 Å². The number of carboxylic acid groups (broad SMARTS) is 1. The molecule has 164 valence electrons. The number of carbonyl (C=O) groups excluding carboxylic acids is 3. The van der Waals surface area contributed by atoms with E-state index in [4.69, 9.17) is 4.74 Å². The molecule has 0 aromatic heterocycles. The van der Waals surface area contributed by atoms with Crippen molar-refractivity contribution in [2.45, 2.75) is 64.6 Å². The SMILES string of the molecule is CC(C)C[C@H](NC(=O)OCc1ccccc1)C(=O)N[C@H](C(=O)O)[C@H]1CCCC(=O)C1. The van der Waals surface area contributed by atoms with Crippen LogP contribution in [0.4, 0.5) is 4.79 Å². The molecular weight excluding hydrogens is 388 g/mol. The summed E-state index contributed by atoms with van der Waals surface area (Å²) in [4.78, 5) is 48.5. The smallest absolute Gasteiger partial charge is 0.408 e. The Bertz CT molecular complexity index is 749. The average molecular weight is 418 g/mol. The van der Waals surface area contributed by atoms with E-state index in [0.29, 0.717) is 25.7 Å². The van der Waals surface area contributed by atoms with Gasteiger partial charge < -0.3 is 20.5 Å². The predicted molar refractivity (Wildman–Crippen MR) is 110 cm³/mol. The number of aliphatic carboxylic acids is 1. The van der Waals surface area contributed by atoms with Crippen molar-refractivity contribution < 1.29 is 29.0 Å². The Morgan fingerprint density at radius 3 is 2.47 bits per heavy atom. The van der Waals surface area contributed by atoms with Crippen LogP contribution in [0.2, 0.25) is 0 Å². The van der Waals surface area contributed by atoms with Gasteiger partial charge in [-0.15, -0.1) is 0 Å². The number of alkyl carbamates (subject to hydrolysis) is 1. The van der Waals surface area contributed by atoms with Crippen molar-refractivity contribution in [2.24, 2.45) is 11.8 Å². The lowest BCUT2D eigenvalue weighted by Crippen LogP contribution is -2.54. The molecule has 2 amide bonds. The van der Waals surface area contributed by atoms with E-state index in [1.807, 2.05) is 44.2 Å². The van der Waals surface area contributed by atoms with Gasteiger partial charge in [0.25, 0.3) is 0 Å². The minimum Gasteiger partial charge on any atom is -0.480 e. The molecule has 0 unspecified atom stereocenters. The first-order valence-corrected chi connectivity index (χ1v) is 10.3. The highest BCUT2D eigenvalue weighted by Crippen LogP contribution is 2.25. The Kier molecular flexibility index (Phi) is 8.83. The van der Waals surface area contributed by atoms with Crippen LogP contribution in [0.1, 0.15) is 51.5 Å². The van der Waals surface area contributed by atoms with Crippen LogP contribution in [0.15, 0.2) is 30.3 Å². The van der Waals surface area contributed by atoms with Crippen molar-refractivity contribution in [3.8, 4) is 0 Å². The van der Waals surface area contributed by atoms with Crippen molar-refractivity contribution in [3.63, 3.8) is 0 Å². The maximum absolute atomic E-state index is 12.8. The topological polar surface area (TPSA) is 122 Å². The number of amides is 2. The summed E-state index contributed by atoms with van der Waals surface area (Å²) in [5.41, 5.74) is 0.811. The number of rotatable bonds is 9. The van der Waals surface area contributed by atoms with E-state index in [2.05, 4.69) is 10.6 Å². The predicted octanol–water partition coefficient (Wildman–Crippen LogP) is 2.66. The molecule has 1 saturated carbocycles. The zero-order valence-corrected chi connectivity index (χ0v) is 17.4. The van der Waals surface area contributed by atoms with Crippen LogP contribution in [0, 0.1) is 11.8 Å². The van der Waals surface area contributed by atoms with E-state index in [1.165, 1.54) is 0 Å². The quantitative estimate of drug-likeness (QED) is 0.567. The Morgan fingerprint density at radius 1 is 1.17 bits per heavy atom. The largest absolute Gasteiger partial charge is 0.480 e. The molecule has 0 aliphatic heterocycles. The maximum Gasteiger partial charge on any atom is 0.408 e. The minimum absolute atomic E-state index is 0.00749. The third-order valence-corrected chi connectivity index (χ3v) is 5.08. The Balaban J connectivity index is 1.99. The van der Waals surface area contributed by atoms with Gasteiger partial charge in [-0.05, 0) is 36.7 Å². The molecule has 2 rings (SSSR count). The fraction of sp³-hybridized carbons (Fsp3) is 0.545. The summed E-state index contributed by atoms with van der Waals surface area (Å²) in [7, 11) is 0. The van der Waals surface area contributed by atoms with Crippen LogP contribution in [0.3, 0.4) is 0 Å². The van der Waals surface area contributed by atoms with Crippen LogP contribution in [0.5, 0.6) is 0 Å². The normalized spacial score (nSPS) is 18.4. The maximum atomic E-state index is 12.8. The van der Waals surface area contributed by atoms with Gasteiger partial charge in [0.2, 0.25) is 5.91 Å². The molecule has 3 N–H and O–H groups in total. The highest BCUT2D eigenvalue weighted by molar-refractivity contribution is 5.90. The highest BCUT2D eigenvalue weighted by Gasteiger charge is 2.35. The Labute approximate surface area is 176 Å². The van der Waals surface area contributed by atoms with E-state index >= 15 is 0 Å². The molecule has 1 aromatic carbocycles. The second-order valence-electron chi connectivity index (χ2n) is 8.11. The van der Waals surface area contributed by atoms with Crippen LogP contribution in [0.25, 0.3) is 0 Å². The molecular formula is C22H30N2O6. The Hall–Kier alpha value is -2.90. The summed E-state index contributed by atoms with van der Waals surface area (Å²) in [6.45, 7) is 3.85. The molecule has 0 radical (unpaired) electrons. The molecule has 0 spiro atoms. The van der Waals surface area contributed by atoms with Crippen LogP contribution < -0.4 is 10.6 Å². The summed E-state index contributed by atoms with van der Waals surface area (Å²) < 4.78 is 5.18. The number of hydrogen-bond donors (Lipinski definition) is 3. The fourth-order valence-electron chi connectivity index (χ4n) is 3.59. The lowest BCUT2D eigenvalue weighted by Gasteiger charge is -2.29. The van der Waals surface area contributed by atoms with E-state index in [9.17, 15) is 24.3 Å². The second kappa shape index (κ2) is 11.3. The van der Waals surface area contributed by atoms with Gasteiger partial charge in [-0.3, -0.25) is 9.59 Å². The number of carbonyl (C=O) groups is 4. The van der Waals surface area contributed by atoms with Gasteiger partial charge in [-0.2, -0.15) is 0 Å². The Morgan fingerprint density at radius 2 is 1.87 bits per heavy atom. The number of benzene rings is 1. The van der Waals surface area contributed by atoms with Gasteiger partial charge in [0.15, 0.2) is 0 Å². The number of carboxylic acids is 1. The molecule has 0 bridgehead atoms. The molecule has 8 nitrogen and oxygen atoms in total. The number of Topliss-reactive ketones (excluding diaryl/α,β-unsaturated/α-hetero) is 1. The summed E-state index contributed by atoms with van der Waals surface area (Å²) in [6.07, 6.45) is 1.33. The molecule has 30 heavy (non-hydrogen) atoms. The molecule has 3 atom stereocenters. The van der Waals surface area contributed by atoms with Crippen LogP contribution in [-0.2, 0) is 25.7 Å². The first-order valence-electron chi connectivity index (χ1n) is 10.3. The first-order chi connectivity index (χ1) is 14.3. The molecule has 1 aromatic rings. The standard InChI is InChI=1S/C22H30N2O6/c1-14(2)11-18(23-22(29)30-13-15-7-4-3-5-8-15)20(26)24-19(21(27)28)16-9-6-10-17(25)12-16/h3-5,7-8,14,16,18-19H,6,9-13H2,1-2H3,(H,23,29)(H,24,26)(H,27,28)/t16-,18-,19-/m0/s1. The molecule has 8 heteroatoms. The van der Waals surface area contributed by atoms with Crippen molar-refractivity contribution in [1.82, 2.24) is 10.6 Å². The number of ketones is 1. The van der Waals surface area contributed by atoms with Gasteiger partial charge in [-0.25, -0.2) is 9.59 Å². The van der Waals surface area contributed by atoms with E-state index < -0.39 is 36.0 Å². The first kappa shape index (κ1) is 23.4. The van der Waals surface area contributed by atoms with Gasteiger partial charge in [0, 0.05) is 12.8 Å². The zero-order chi connectivity index (χ0) is 22.1. The molecule has 1 aliphatic rings. The summed E-state index contributed by atoms with van der Waals surface area (Å²) in [5.74, 6) is -2.14. The van der Waals surface area contributed by atoms with Gasteiger partial charge in [0.1, 0.15) is 24.5 Å². The minimum atomic E-state index is -1.18. The molecule has 0 saturated heterocycles. The van der Waals surface area contributed by atoms with Crippen LogP contribution >= 0.6 is 0 Å². The average Bonchev–Trinajstić information content (AvgIpc) is 2.70. The summed E-state index contributed by atoms with van der Waals surface area (Å²) >= 11 is 0. The molecule has 1 fully saturated rings. The number of nitrogens with one attached hydrogen (secondary N) is 2. The van der Waals surface area contributed by atoms with E-state index in [1.54, 1.807) is 0 Å². The number of hydrogen-bond acceptors (Lipinski definition) is 5. The fourth-order valence-corrected chi connectivity index (χ4v) is 3.59. The van der Waals surface area contributed by atoms with E-state index in [-0.39, 0.29) is 24.7 Å². The highest BCUT2D eigenvalue weighted by atomic mass is 16.5. The second-order valence-corrected chi connectivity index (χ2v) is 8.11. The van der Waals surface area contributed by atoms with Crippen molar-refractivity contribution >= 4 is 23.8 Å². The van der Waals surface area contributed by atoms with Gasteiger partial charge in [0.05, 0.1) is 0 Å². The molecule has 1 aliphatic carbocycles. The third-order valence-electron chi connectivity index (χ3n) is 5.08. The van der Waals surface area contributed by atoms with Gasteiger partial charge in [-0.1, -0.05) is 44.2 Å². The zero-order valence-electron chi connectivity index (χ0n) is 17.4. The van der Waals surface area contributed by atoms with Gasteiger partial charge >= 0.3 is 12.1 Å². The number of ether oxygens (including phenoxy) is 1. The monoisotopic (exact) mass is 418 g/mol. The van der Waals surface area contributed by atoms with Crippen LogP contribution in [-0.4, -0.2) is 40.9 Å². The lowest BCUT2D eigenvalue weighted by atomic mass is 9.83. The van der Waals surface area contributed by atoms with Crippen molar-refractivity contribution in [3.05, 3.63) is 35.9 Å². The third kappa shape index (κ3) is 7.50. The lowest BCUT2D eigenvalue weighted by molar-refractivity contribution is -0.144.